The smallest absolute Gasteiger partial charge is 0.317 e. The molecule has 2 aliphatic carbocycles. The zero-order valence-electron chi connectivity index (χ0n) is 11.8. The Bertz CT molecular complexity index is 498. The lowest BCUT2D eigenvalue weighted by molar-refractivity contribution is -0.154. The van der Waals surface area contributed by atoms with E-state index in [1.54, 1.807) is 0 Å². The van der Waals surface area contributed by atoms with E-state index in [0.29, 0.717) is 25.7 Å². The molecule has 6 unspecified atom stereocenters. The first-order valence-electron chi connectivity index (χ1n) is 7.33. The summed E-state index contributed by atoms with van der Waals surface area (Å²) in [5, 5.41) is 0. The minimum absolute atomic E-state index is 0.171. The van der Waals surface area contributed by atoms with E-state index in [1.165, 1.54) is 7.11 Å². The van der Waals surface area contributed by atoms with E-state index in [2.05, 4.69) is 0 Å². The molecule has 21 heavy (non-hydrogen) atoms. The van der Waals surface area contributed by atoms with E-state index >= 15 is 0 Å². The topological polar surface area (TPSA) is 86.7 Å². The fourth-order valence-electron chi connectivity index (χ4n) is 4.30. The Balaban J connectivity index is 1.79. The molecular weight excluding hydrogens is 276 g/mol. The Labute approximate surface area is 122 Å². The maximum absolute atomic E-state index is 11.8. The maximum Gasteiger partial charge on any atom is 0.317 e. The molecule has 3 rings (SSSR count). The van der Waals surface area contributed by atoms with Crippen LogP contribution in [0.3, 0.4) is 0 Å². The van der Waals surface area contributed by atoms with Crippen LogP contribution in [0.1, 0.15) is 25.7 Å². The summed E-state index contributed by atoms with van der Waals surface area (Å²) < 4.78 is 9.51. The number of hydrogen-bond donors (Lipinski definition) is 0. The van der Waals surface area contributed by atoms with Gasteiger partial charge in [-0.3, -0.25) is 14.4 Å². The predicted octanol–water partition coefficient (Wildman–Crippen LogP) is 0.726. The van der Waals surface area contributed by atoms with Crippen molar-refractivity contribution in [2.45, 2.75) is 25.7 Å². The zero-order chi connectivity index (χ0) is 15.1. The molecule has 0 N–H and O–H groups in total. The lowest BCUT2D eigenvalue weighted by atomic mass is 9.59. The molecule has 6 heteroatoms. The van der Waals surface area contributed by atoms with E-state index in [-0.39, 0.29) is 35.6 Å². The van der Waals surface area contributed by atoms with E-state index < -0.39 is 17.9 Å². The van der Waals surface area contributed by atoms with Crippen molar-refractivity contribution in [3.63, 3.8) is 0 Å². The summed E-state index contributed by atoms with van der Waals surface area (Å²) in [5.41, 5.74) is 0. The molecule has 0 bridgehead atoms. The van der Waals surface area contributed by atoms with E-state index in [4.69, 9.17) is 9.47 Å². The molecular formula is C15H18O6. The van der Waals surface area contributed by atoms with E-state index in [9.17, 15) is 19.2 Å². The fraction of sp³-hybridized carbons (Fsp3) is 0.733. The molecule has 6 atom stereocenters. The average Bonchev–Trinajstić information content (AvgIpc) is 2.77. The highest BCUT2D eigenvalue weighted by Gasteiger charge is 2.53. The fourth-order valence-corrected chi connectivity index (χ4v) is 4.30. The van der Waals surface area contributed by atoms with Crippen molar-refractivity contribution in [3.05, 3.63) is 0 Å². The van der Waals surface area contributed by atoms with Crippen LogP contribution in [-0.4, -0.2) is 31.3 Å². The number of esters is 3. The van der Waals surface area contributed by atoms with Crippen LogP contribution >= 0.6 is 0 Å². The number of rotatable bonds is 2. The minimum atomic E-state index is -0.435. The van der Waals surface area contributed by atoms with Crippen LogP contribution in [0.4, 0.5) is 0 Å². The summed E-state index contributed by atoms with van der Waals surface area (Å²) >= 11 is 0. The van der Waals surface area contributed by atoms with Gasteiger partial charge in [-0.2, -0.15) is 0 Å². The second-order valence-corrected chi connectivity index (χ2v) is 6.35. The SMILES string of the molecule is COC(=O)C1CC2CC3C(=O)OC(=O)C3CC2CC1C=O. The molecule has 0 radical (unpaired) electrons. The molecule has 0 aromatic rings. The summed E-state index contributed by atoms with van der Waals surface area (Å²) in [6, 6.07) is 0. The molecule has 3 fully saturated rings. The first-order valence-corrected chi connectivity index (χ1v) is 7.33. The van der Waals surface area contributed by atoms with Crippen LogP contribution in [0.2, 0.25) is 0 Å². The molecule has 0 spiro atoms. The normalized spacial score (nSPS) is 41.8. The highest BCUT2D eigenvalue weighted by atomic mass is 16.6. The van der Waals surface area contributed by atoms with Crippen LogP contribution in [0.25, 0.3) is 0 Å². The quantitative estimate of drug-likeness (QED) is 0.424. The van der Waals surface area contributed by atoms with Gasteiger partial charge in [0, 0.05) is 5.92 Å². The number of cyclic esters (lactones) is 2. The predicted molar refractivity (Wildman–Crippen MR) is 68.6 cm³/mol. The monoisotopic (exact) mass is 294 g/mol. The Morgan fingerprint density at radius 2 is 1.67 bits per heavy atom. The van der Waals surface area contributed by atoms with Gasteiger partial charge < -0.3 is 14.3 Å². The lowest BCUT2D eigenvalue weighted by Crippen LogP contribution is -2.43. The zero-order valence-corrected chi connectivity index (χ0v) is 11.8. The number of aldehydes is 1. The van der Waals surface area contributed by atoms with Gasteiger partial charge in [-0.1, -0.05) is 0 Å². The standard InChI is InChI=1S/C15H18O6/c1-20-13(17)10-3-8-5-12-11(14(18)21-15(12)19)4-7(8)2-9(10)6-16/h6-12H,2-5H2,1H3. The molecule has 0 aromatic heterocycles. The summed E-state index contributed by atoms with van der Waals surface area (Å²) in [6.07, 6.45) is 3.10. The Morgan fingerprint density at radius 3 is 2.19 bits per heavy atom. The number of carbonyl (C=O) groups is 4. The molecule has 0 aromatic carbocycles. The molecule has 0 amide bonds. The van der Waals surface area contributed by atoms with Gasteiger partial charge in [0.15, 0.2) is 0 Å². The van der Waals surface area contributed by atoms with Crippen molar-refractivity contribution in [3.8, 4) is 0 Å². The van der Waals surface area contributed by atoms with Crippen molar-refractivity contribution in [1.29, 1.82) is 0 Å². The van der Waals surface area contributed by atoms with Gasteiger partial charge in [-0.05, 0) is 37.5 Å². The van der Waals surface area contributed by atoms with Crippen molar-refractivity contribution < 1.29 is 28.7 Å². The van der Waals surface area contributed by atoms with Gasteiger partial charge >= 0.3 is 17.9 Å². The number of carbonyl (C=O) groups excluding carboxylic acids is 4. The summed E-state index contributed by atoms with van der Waals surface area (Å²) in [6.45, 7) is 0. The van der Waals surface area contributed by atoms with Gasteiger partial charge in [0.25, 0.3) is 0 Å². The first-order chi connectivity index (χ1) is 10.0. The van der Waals surface area contributed by atoms with Crippen LogP contribution < -0.4 is 0 Å². The number of methoxy groups -OCH3 is 1. The average molecular weight is 294 g/mol. The molecule has 1 aliphatic heterocycles. The van der Waals surface area contributed by atoms with Crippen LogP contribution in [-0.2, 0) is 28.7 Å². The lowest BCUT2D eigenvalue weighted by Gasteiger charge is -2.43. The second kappa shape index (κ2) is 5.24. The Hall–Kier alpha value is -1.72. The van der Waals surface area contributed by atoms with Crippen LogP contribution in [0.5, 0.6) is 0 Å². The maximum atomic E-state index is 11.8. The number of hydrogen-bond acceptors (Lipinski definition) is 6. The third kappa shape index (κ3) is 2.26. The molecule has 1 heterocycles. The molecule has 2 saturated carbocycles. The molecule has 114 valence electrons. The van der Waals surface area contributed by atoms with Crippen molar-refractivity contribution in [2.75, 3.05) is 7.11 Å². The Kier molecular flexibility index (Phi) is 3.55. The summed E-state index contributed by atoms with van der Waals surface area (Å²) in [5.74, 6) is -2.38. The van der Waals surface area contributed by atoms with Gasteiger partial charge in [0.2, 0.25) is 0 Å². The largest absolute Gasteiger partial charge is 0.469 e. The highest BCUT2D eigenvalue weighted by Crippen LogP contribution is 2.50. The molecule has 3 aliphatic rings. The van der Waals surface area contributed by atoms with E-state index in [1.807, 2.05) is 0 Å². The van der Waals surface area contributed by atoms with Crippen LogP contribution in [0, 0.1) is 35.5 Å². The second-order valence-electron chi connectivity index (χ2n) is 6.35. The van der Waals surface area contributed by atoms with Gasteiger partial charge in [0.1, 0.15) is 6.29 Å². The summed E-state index contributed by atoms with van der Waals surface area (Å²) in [4.78, 5) is 46.5. The minimum Gasteiger partial charge on any atom is -0.469 e. The van der Waals surface area contributed by atoms with Crippen LogP contribution in [0.15, 0.2) is 0 Å². The molecule has 6 nitrogen and oxygen atoms in total. The van der Waals surface area contributed by atoms with Gasteiger partial charge in [0.05, 0.1) is 24.9 Å². The number of ether oxygens (including phenoxy) is 2. The third-order valence-corrected chi connectivity index (χ3v) is 5.40. The summed E-state index contributed by atoms with van der Waals surface area (Å²) in [7, 11) is 1.32. The van der Waals surface area contributed by atoms with Gasteiger partial charge in [-0.15, -0.1) is 0 Å². The third-order valence-electron chi connectivity index (χ3n) is 5.40. The van der Waals surface area contributed by atoms with Crippen molar-refractivity contribution in [1.82, 2.24) is 0 Å². The van der Waals surface area contributed by atoms with Crippen molar-refractivity contribution >= 4 is 24.2 Å². The Morgan fingerprint density at radius 1 is 1.10 bits per heavy atom. The van der Waals surface area contributed by atoms with E-state index in [0.717, 1.165) is 6.29 Å². The highest BCUT2D eigenvalue weighted by molar-refractivity contribution is 5.96. The van der Waals surface area contributed by atoms with Crippen molar-refractivity contribution in [2.24, 2.45) is 35.5 Å². The van der Waals surface area contributed by atoms with Gasteiger partial charge in [-0.25, -0.2) is 0 Å². The first kappa shape index (κ1) is 14.2. The molecule has 1 saturated heterocycles. The number of fused-ring (bicyclic) bond motifs is 2.